The van der Waals surface area contributed by atoms with Crippen molar-refractivity contribution in [3.05, 3.63) is 28.7 Å². The summed E-state index contributed by atoms with van der Waals surface area (Å²) in [5.41, 5.74) is 0.696. The number of carbonyl (C=O) groups excluding carboxylic acids is 2. The second-order valence-corrected chi connectivity index (χ2v) is 5.30. The minimum absolute atomic E-state index is 0.0582. The molecule has 1 aliphatic rings. The molecule has 1 saturated heterocycles. The van der Waals surface area contributed by atoms with E-state index in [1.165, 1.54) is 6.07 Å². The van der Waals surface area contributed by atoms with Gasteiger partial charge in [0, 0.05) is 0 Å². The van der Waals surface area contributed by atoms with E-state index < -0.39 is 5.91 Å². The first-order valence-electron chi connectivity index (χ1n) is 6.31. The van der Waals surface area contributed by atoms with E-state index in [1.54, 1.807) is 18.2 Å². The van der Waals surface area contributed by atoms with Crippen LogP contribution in [0.15, 0.2) is 23.1 Å². The summed E-state index contributed by atoms with van der Waals surface area (Å²) in [7, 11) is 0. The summed E-state index contributed by atoms with van der Waals surface area (Å²) in [4.78, 5) is 22.9. The van der Waals surface area contributed by atoms with Gasteiger partial charge in [-0.3, -0.25) is 14.9 Å². The Morgan fingerprint density at radius 1 is 1.40 bits per heavy atom. The molecule has 106 valence electrons. The Labute approximate surface area is 121 Å². The van der Waals surface area contributed by atoms with Gasteiger partial charge in [-0.1, -0.05) is 19.4 Å². The zero-order valence-electron chi connectivity index (χ0n) is 11.0. The van der Waals surface area contributed by atoms with Crippen LogP contribution in [0.3, 0.4) is 0 Å². The average Bonchev–Trinajstić information content (AvgIpc) is 2.72. The lowest BCUT2D eigenvalue weighted by Crippen LogP contribution is -2.17. The molecular formula is C14H15NO4S. The lowest BCUT2D eigenvalue weighted by atomic mass is 10.2. The van der Waals surface area contributed by atoms with E-state index in [0.717, 1.165) is 24.6 Å². The van der Waals surface area contributed by atoms with Crippen LogP contribution in [0, 0.1) is 0 Å². The van der Waals surface area contributed by atoms with Gasteiger partial charge in [-0.05, 0) is 42.0 Å². The number of phenolic OH excluding ortho intramolecular Hbond substituents is 1. The van der Waals surface area contributed by atoms with Crippen LogP contribution >= 0.6 is 11.8 Å². The van der Waals surface area contributed by atoms with Gasteiger partial charge in [0.05, 0.1) is 11.5 Å². The largest absolute Gasteiger partial charge is 0.504 e. The van der Waals surface area contributed by atoms with Crippen molar-refractivity contribution in [1.29, 1.82) is 0 Å². The molecule has 0 aromatic heterocycles. The molecule has 6 heteroatoms. The normalized spacial score (nSPS) is 16.6. The maximum atomic E-state index is 11.5. The number of carbonyl (C=O) groups is 2. The molecule has 0 radical (unpaired) electrons. The molecule has 0 atom stereocenters. The van der Waals surface area contributed by atoms with Gasteiger partial charge in [0.2, 0.25) is 0 Å². The fourth-order valence-corrected chi connectivity index (χ4v) is 2.32. The number of nitrogens with one attached hydrogen (secondary N) is 1. The van der Waals surface area contributed by atoms with E-state index in [2.05, 4.69) is 12.2 Å². The molecule has 0 aliphatic carbocycles. The first kappa shape index (κ1) is 14.5. The van der Waals surface area contributed by atoms with E-state index in [4.69, 9.17) is 4.74 Å². The maximum absolute atomic E-state index is 11.5. The Balaban J connectivity index is 2.16. The highest BCUT2D eigenvalue weighted by atomic mass is 32.2. The Morgan fingerprint density at radius 3 is 2.85 bits per heavy atom. The van der Waals surface area contributed by atoms with Gasteiger partial charge >= 0.3 is 0 Å². The van der Waals surface area contributed by atoms with Crippen molar-refractivity contribution < 1.29 is 19.4 Å². The third-order valence-corrected chi connectivity index (χ3v) is 3.49. The number of ether oxygens (including phenoxy) is 1. The number of hydrogen-bond donors (Lipinski definition) is 2. The molecule has 20 heavy (non-hydrogen) atoms. The SMILES string of the molecule is CCCCOc1cc(C=C2SC(=O)NC2=O)ccc1O. The molecule has 0 bridgehead atoms. The zero-order chi connectivity index (χ0) is 14.5. The fourth-order valence-electron chi connectivity index (χ4n) is 1.63. The van der Waals surface area contributed by atoms with Crippen LogP contribution in [-0.2, 0) is 4.79 Å². The summed E-state index contributed by atoms with van der Waals surface area (Å²) in [6.07, 6.45) is 3.50. The molecule has 1 fully saturated rings. The minimum Gasteiger partial charge on any atom is -0.504 e. The number of amides is 2. The molecule has 1 aromatic carbocycles. The summed E-state index contributed by atoms with van der Waals surface area (Å²) < 4.78 is 5.48. The van der Waals surface area contributed by atoms with Crippen molar-refractivity contribution >= 4 is 29.0 Å². The number of unbranched alkanes of at least 4 members (excludes halogenated alkanes) is 1. The molecule has 1 heterocycles. The predicted octanol–water partition coefficient (Wildman–Crippen LogP) is 2.90. The third kappa shape index (κ3) is 3.54. The fraction of sp³-hybridized carbons (Fsp3) is 0.286. The summed E-state index contributed by atoms with van der Waals surface area (Å²) in [6.45, 7) is 2.58. The number of benzene rings is 1. The number of phenols is 1. The monoisotopic (exact) mass is 293 g/mol. The van der Waals surface area contributed by atoms with Crippen molar-refractivity contribution in [2.75, 3.05) is 6.61 Å². The second-order valence-electron chi connectivity index (χ2n) is 4.28. The van der Waals surface area contributed by atoms with Crippen molar-refractivity contribution in [1.82, 2.24) is 5.32 Å². The number of rotatable bonds is 5. The van der Waals surface area contributed by atoms with Crippen molar-refractivity contribution in [2.45, 2.75) is 19.8 Å². The predicted molar refractivity (Wildman–Crippen MR) is 77.6 cm³/mol. The minimum atomic E-state index is -0.401. The lowest BCUT2D eigenvalue weighted by molar-refractivity contribution is -0.115. The molecule has 1 aromatic rings. The molecule has 2 N–H and O–H groups in total. The van der Waals surface area contributed by atoms with Crippen molar-refractivity contribution in [3.63, 3.8) is 0 Å². The quantitative estimate of drug-likeness (QED) is 0.645. The molecule has 2 amide bonds. The van der Waals surface area contributed by atoms with Crippen LogP contribution in [-0.4, -0.2) is 22.9 Å². The van der Waals surface area contributed by atoms with E-state index >= 15 is 0 Å². The second kappa shape index (κ2) is 6.47. The van der Waals surface area contributed by atoms with Gasteiger partial charge < -0.3 is 9.84 Å². The number of thioether (sulfide) groups is 1. The van der Waals surface area contributed by atoms with E-state index in [-0.39, 0.29) is 11.0 Å². The molecule has 0 unspecified atom stereocenters. The Morgan fingerprint density at radius 2 is 2.20 bits per heavy atom. The highest BCUT2D eigenvalue weighted by Crippen LogP contribution is 2.30. The van der Waals surface area contributed by atoms with Gasteiger partial charge in [-0.25, -0.2) is 0 Å². The molecule has 5 nitrogen and oxygen atoms in total. The van der Waals surface area contributed by atoms with Crippen LogP contribution < -0.4 is 10.1 Å². The van der Waals surface area contributed by atoms with Gasteiger partial charge in [0.15, 0.2) is 11.5 Å². The van der Waals surface area contributed by atoms with E-state index in [0.29, 0.717) is 22.8 Å². The van der Waals surface area contributed by atoms with Crippen molar-refractivity contribution in [3.8, 4) is 11.5 Å². The molecule has 0 saturated carbocycles. The summed E-state index contributed by atoms with van der Waals surface area (Å²) in [5, 5.41) is 11.5. The van der Waals surface area contributed by atoms with E-state index in [9.17, 15) is 14.7 Å². The Hall–Kier alpha value is -1.95. The Bertz CT molecular complexity index is 568. The number of aromatic hydroxyl groups is 1. The van der Waals surface area contributed by atoms with Crippen LogP contribution in [0.1, 0.15) is 25.3 Å². The van der Waals surface area contributed by atoms with Crippen LogP contribution in [0.4, 0.5) is 4.79 Å². The van der Waals surface area contributed by atoms with Crippen LogP contribution in [0.5, 0.6) is 11.5 Å². The third-order valence-electron chi connectivity index (χ3n) is 2.68. The molecular weight excluding hydrogens is 278 g/mol. The summed E-state index contributed by atoms with van der Waals surface area (Å²) in [5.74, 6) is 0.0342. The maximum Gasteiger partial charge on any atom is 0.290 e. The Kier molecular flexibility index (Phi) is 4.68. The smallest absolute Gasteiger partial charge is 0.290 e. The highest BCUT2D eigenvalue weighted by Gasteiger charge is 2.24. The molecule has 1 aliphatic heterocycles. The first-order chi connectivity index (χ1) is 9.60. The average molecular weight is 293 g/mol. The van der Waals surface area contributed by atoms with Crippen LogP contribution in [0.2, 0.25) is 0 Å². The standard InChI is InChI=1S/C14H15NO4S/c1-2-3-6-19-11-7-9(4-5-10(11)16)8-12-13(17)15-14(18)20-12/h4-5,7-8,16H,2-3,6H2,1H3,(H,15,17,18). The van der Waals surface area contributed by atoms with Gasteiger partial charge in [-0.15, -0.1) is 0 Å². The lowest BCUT2D eigenvalue weighted by Gasteiger charge is -2.08. The summed E-state index contributed by atoms with van der Waals surface area (Å²) >= 11 is 0.858. The van der Waals surface area contributed by atoms with Crippen molar-refractivity contribution in [2.24, 2.45) is 0 Å². The van der Waals surface area contributed by atoms with Gasteiger partial charge in [0.1, 0.15) is 0 Å². The summed E-state index contributed by atoms with van der Waals surface area (Å²) in [6, 6.07) is 4.81. The van der Waals surface area contributed by atoms with Crippen LogP contribution in [0.25, 0.3) is 6.08 Å². The molecule has 0 spiro atoms. The number of hydrogen-bond acceptors (Lipinski definition) is 5. The topological polar surface area (TPSA) is 75.6 Å². The van der Waals surface area contributed by atoms with Gasteiger partial charge in [-0.2, -0.15) is 0 Å². The van der Waals surface area contributed by atoms with E-state index in [1.807, 2.05) is 0 Å². The van der Waals surface area contributed by atoms with Gasteiger partial charge in [0.25, 0.3) is 11.1 Å². The number of imide groups is 1. The highest BCUT2D eigenvalue weighted by molar-refractivity contribution is 8.18. The first-order valence-corrected chi connectivity index (χ1v) is 7.12. The molecule has 2 rings (SSSR count). The zero-order valence-corrected chi connectivity index (χ0v) is 11.8.